The first kappa shape index (κ1) is 21.0. The first-order valence-corrected chi connectivity index (χ1v) is 11.3. The van der Waals surface area contributed by atoms with Crippen molar-refractivity contribution in [2.75, 3.05) is 23.0 Å². The molecular formula is C28H26N2O3. The van der Waals surface area contributed by atoms with Crippen molar-refractivity contribution in [1.82, 2.24) is 0 Å². The van der Waals surface area contributed by atoms with Crippen molar-refractivity contribution in [2.45, 2.75) is 27.2 Å². The lowest BCUT2D eigenvalue weighted by Gasteiger charge is -2.22. The molecule has 0 radical (unpaired) electrons. The smallest absolute Gasteiger partial charge is 0.282 e. The lowest BCUT2D eigenvalue weighted by atomic mass is 9.97. The van der Waals surface area contributed by atoms with Gasteiger partial charge in [0.25, 0.3) is 11.8 Å². The van der Waals surface area contributed by atoms with E-state index in [9.17, 15) is 9.59 Å². The molecule has 33 heavy (non-hydrogen) atoms. The van der Waals surface area contributed by atoms with E-state index in [4.69, 9.17) is 4.74 Å². The molecule has 0 atom stereocenters. The normalized spacial score (nSPS) is 15.5. The summed E-state index contributed by atoms with van der Waals surface area (Å²) in [5.41, 5.74) is 6.38. The molecule has 0 aliphatic carbocycles. The zero-order valence-corrected chi connectivity index (χ0v) is 19.1. The molecule has 2 aliphatic heterocycles. The highest BCUT2D eigenvalue weighted by atomic mass is 16.5. The molecule has 3 aromatic rings. The molecule has 166 valence electrons. The Morgan fingerprint density at radius 3 is 2.36 bits per heavy atom. The number of amides is 2. The van der Waals surface area contributed by atoms with Crippen LogP contribution in [0, 0.1) is 13.8 Å². The van der Waals surface area contributed by atoms with Gasteiger partial charge in [-0.15, -0.1) is 0 Å². The van der Waals surface area contributed by atoms with E-state index in [1.54, 1.807) is 12.1 Å². The van der Waals surface area contributed by atoms with Gasteiger partial charge in [0.05, 0.1) is 17.9 Å². The summed E-state index contributed by atoms with van der Waals surface area (Å²) in [6, 6.07) is 21.3. The van der Waals surface area contributed by atoms with Crippen molar-refractivity contribution in [3.63, 3.8) is 0 Å². The highest BCUT2D eigenvalue weighted by molar-refractivity contribution is 6.46. The van der Waals surface area contributed by atoms with Gasteiger partial charge in [-0.3, -0.25) is 9.59 Å². The maximum absolute atomic E-state index is 14.0. The van der Waals surface area contributed by atoms with Crippen molar-refractivity contribution >= 4 is 28.8 Å². The number of hydrogen-bond donors (Lipinski definition) is 0. The number of anilines is 2. The van der Waals surface area contributed by atoms with Crippen molar-refractivity contribution < 1.29 is 14.3 Å². The average Bonchev–Trinajstić information content (AvgIpc) is 3.33. The maximum atomic E-state index is 14.0. The van der Waals surface area contributed by atoms with Gasteiger partial charge in [0.2, 0.25) is 0 Å². The Kier molecular flexibility index (Phi) is 5.25. The Hall–Kier alpha value is -3.86. The van der Waals surface area contributed by atoms with Gasteiger partial charge in [-0.2, -0.15) is 0 Å². The highest BCUT2D eigenvalue weighted by Gasteiger charge is 2.45. The number of fused-ring (bicyclic) bond motifs is 1. The van der Waals surface area contributed by atoms with Crippen LogP contribution in [-0.4, -0.2) is 25.0 Å². The van der Waals surface area contributed by atoms with Gasteiger partial charge in [0.15, 0.2) is 0 Å². The molecule has 2 heterocycles. The number of para-hydroxylation sites is 3. The van der Waals surface area contributed by atoms with Crippen LogP contribution in [-0.2, 0) is 16.0 Å². The third-order valence-corrected chi connectivity index (χ3v) is 6.27. The molecule has 5 heteroatoms. The Bertz CT molecular complexity index is 1310. The molecule has 0 saturated heterocycles. The second-order valence-electron chi connectivity index (χ2n) is 8.42. The zero-order chi connectivity index (χ0) is 23.1. The molecule has 2 amide bonds. The van der Waals surface area contributed by atoms with Crippen LogP contribution in [0.1, 0.15) is 29.2 Å². The summed E-state index contributed by atoms with van der Waals surface area (Å²) in [6.07, 6.45) is 0.830. The van der Waals surface area contributed by atoms with Crippen molar-refractivity contribution in [2.24, 2.45) is 0 Å². The van der Waals surface area contributed by atoms with Crippen LogP contribution in [0.4, 0.5) is 11.4 Å². The number of imide groups is 1. The van der Waals surface area contributed by atoms with Gasteiger partial charge in [-0.1, -0.05) is 54.1 Å². The SMILES string of the molecule is CCOc1ccccc1N1C(=O)C(c2ccc(C)cc2C)=C(N2CCc3ccccc32)C1=O. The van der Waals surface area contributed by atoms with Crippen molar-refractivity contribution in [3.8, 4) is 5.75 Å². The molecule has 0 unspecified atom stereocenters. The lowest BCUT2D eigenvalue weighted by molar-refractivity contribution is -0.120. The minimum atomic E-state index is -0.321. The largest absolute Gasteiger partial charge is 0.492 e. The summed E-state index contributed by atoms with van der Waals surface area (Å²) in [5.74, 6) is -0.123. The second kappa shape index (κ2) is 8.24. The molecule has 0 bridgehead atoms. The second-order valence-corrected chi connectivity index (χ2v) is 8.42. The van der Waals surface area contributed by atoms with E-state index in [0.717, 1.165) is 28.8 Å². The van der Waals surface area contributed by atoms with Gasteiger partial charge in [0.1, 0.15) is 11.4 Å². The predicted octanol–water partition coefficient (Wildman–Crippen LogP) is 5.05. The van der Waals surface area contributed by atoms with E-state index in [-0.39, 0.29) is 11.8 Å². The highest BCUT2D eigenvalue weighted by Crippen LogP contribution is 2.42. The van der Waals surface area contributed by atoms with Gasteiger partial charge in [-0.25, -0.2) is 4.90 Å². The summed E-state index contributed by atoms with van der Waals surface area (Å²) in [6.45, 7) is 6.99. The van der Waals surface area contributed by atoms with E-state index >= 15 is 0 Å². The fourth-order valence-electron chi connectivity index (χ4n) is 4.81. The minimum Gasteiger partial charge on any atom is -0.492 e. The number of nitrogens with zero attached hydrogens (tertiary/aromatic N) is 2. The summed E-state index contributed by atoms with van der Waals surface area (Å²) in [7, 11) is 0. The van der Waals surface area contributed by atoms with E-state index in [1.165, 1.54) is 10.5 Å². The molecule has 3 aromatic carbocycles. The monoisotopic (exact) mass is 438 g/mol. The van der Waals surface area contributed by atoms with Crippen LogP contribution in [0.25, 0.3) is 5.57 Å². The Morgan fingerprint density at radius 2 is 1.61 bits per heavy atom. The van der Waals surface area contributed by atoms with Crippen LogP contribution in [0.3, 0.4) is 0 Å². The summed E-state index contributed by atoms with van der Waals surface area (Å²) < 4.78 is 5.77. The van der Waals surface area contributed by atoms with Gasteiger partial charge in [0, 0.05) is 12.2 Å². The third kappa shape index (κ3) is 3.41. The Labute approximate surface area is 193 Å². The number of benzene rings is 3. The fourth-order valence-corrected chi connectivity index (χ4v) is 4.81. The first-order chi connectivity index (χ1) is 16.0. The molecular weight excluding hydrogens is 412 g/mol. The Morgan fingerprint density at radius 1 is 0.879 bits per heavy atom. The number of ether oxygens (including phenoxy) is 1. The van der Waals surface area contributed by atoms with Crippen molar-refractivity contribution in [3.05, 3.63) is 94.7 Å². The van der Waals surface area contributed by atoms with E-state index in [1.807, 2.05) is 74.2 Å². The third-order valence-electron chi connectivity index (χ3n) is 6.27. The molecule has 5 nitrogen and oxygen atoms in total. The topological polar surface area (TPSA) is 49.9 Å². The van der Waals surface area contributed by atoms with Crippen LogP contribution >= 0.6 is 0 Å². The predicted molar refractivity (Wildman–Crippen MR) is 130 cm³/mol. The quantitative estimate of drug-likeness (QED) is 0.523. The van der Waals surface area contributed by atoms with Crippen LogP contribution in [0.2, 0.25) is 0 Å². The molecule has 0 aromatic heterocycles. The van der Waals surface area contributed by atoms with Gasteiger partial charge >= 0.3 is 0 Å². The zero-order valence-electron chi connectivity index (χ0n) is 19.1. The van der Waals surface area contributed by atoms with Crippen molar-refractivity contribution in [1.29, 1.82) is 0 Å². The summed E-state index contributed by atoms with van der Waals surface area (Å²) in [4.78, 5) is 31.2. The first-order valence-electron chi connectivity index (χ1n) is 11.3. The summed E-state index contributed by atoms with van der Waals surface area (Å²) in [5, 5.41) is 0. The van der Waals surface area contributed by atoms with Crippen LogP contribution in [0.15, 0.2) is 72.4 Å². The molecule has 2 aliphatic rings. The Balaban J connectivity index is 1.71. The van der Waals surface area contributed by atoms with E-state index in [0.29, 0.717) is 35.9 Å². The average molecular weight is 439 g/mol. The number of rotatable bonds is 5. The maximum Gasteiger partial charge on any atom is 0.282 e. The molecule has 0 saturated carbocycles. The summed E-state index contributed by atoms with van der Waals surface area (Å²) >= 11 is 0. The standard InChI is InChI=1S/C28H26N2O3/c1-4-33-24-12-8-7-11-23(24)30-27(31)25(21-14-13-18(2)17-19(21)3)26(28(30)32)29-16-15-20-9-5-6-10-22(20)29/h5-14,17H,4,15-16H2,1-3H3. The molecule has 5 rings (SSSR count). The van der Waals surface area contributed by atoms with Crippen LogP contribution in [0.5, 0.6) is 5.75 Å². The fraction of sp³-hybridized carbons (Fsp3) is 0.214. The number of aryl methyl sites for hydroxylation is 2. The van der Waals surface area contributed by atoms with Gasteiger partial charge in [-0.05, 0) is 62.1 Å². The van der Waals surface area contributed by atoms with Gasteiger partial charge < -0.3 is 9.64 Å². The van der Waals surface area contributed by atoms with E-state index < -0.39 is 0 Å². The van der Waals surface area contributed by atoms with Crippen LogP contribution < -0.4 is 14.5 Å². The number of carbonyl (C=O) groups excluding carboxylic acids is 2. The van der Waals surface area contributed by atoms with E-state index in [2.05, 4.69) is 6.07 Å². The minimum absolute atomic E-state index is 0.321. The number of carbonyl (C=O) groups is 2. The number of hydrogen-bond acceptors (Lipinski definition) is 4. The molecule has 0 N–H and O–H groups in total. The molecule has 0 spiro atoms. The lowest BCUT2D eigenvalue weighted by Crippen LogP contribution is -2.35. The molecule has 0 fully saturated rings.